The van der Waals surface area contributed by atoms with Gasteiger partial charge in [-0.1, -0.05) is 22.0 Å². The zero-order valence-electron chi connectivity index (χ0n) is 10.4. The molecule has 2 rings (SSSR count). The van der Waals surface area contributed by atoms with Crippen LogP contribution in [0.4, 0.5) is 4.39 Å². The molecule has 1 saturated carbocycles. The molecule has 1 aromatic rings. The van der Waals surface area contributed by atoms with Gasteiger partial charge in [0.1, 0.15) is 5.82 Å². The third-order valence-electron chi connectivity index (χ3n) is 3.63. The number of hydrogen-bond donors (Lipinski definition) is 2. The van der Waals surface area contributed by atoms with Gasteiger partial charge in [0.05, 0.1) is 0 Å². The second-order valence-corrected chi connectivity index (χ2v) is 5.80. The van der Waals surface area contributed by atoms with Gasteiger partial charge >= 0.3 is 0 Å². The average molecular weight is 338 g/mol. The van der Waals surface area contributed by atoms with Gasteiger partial charge in [-0.2, -0.15) is 0 Å². The Bertz CT molecular complexity index is 392. The molecule has 3 N–H and O–H groups in total. The van der Waals surface area contributed by atoms with Gasteiger partial charge in [-0.25, -0.2) is 4.39 Å². The lowest BCUT2D eigenvalue weighted by Gasteiger charge is -2.30. The van der Waals surface area contributed by atoms with Crippen LogP contribution in [-0.4, -0.2) is 12.1 Å². The third kappa shape index (κ3) is 3.44. The van der Waals surface area contributed by atoms with Gasteiger partial charge in [-0.3, -0.25) is 0 Å². The molecule has 1 atom stereocenters. The molecule has 1 aliphatic carbocycles. The van der Waals surface area contributed by atoms with Crippen molar-refractivity contribution in [1.82, 2.24) is 5.32 Å². The SMILES string of the molecule is CC(CN)(NCc1c(F)cccc1Br)C1CC1.Cl. The van der Waals surface area contributed by atoms with Crippen LogP contribution in [0.5, 0.6) is 0 Å². The summed E-state index contributed by atoms with van der Waals surface area (Å²) in [5, 5.41) is 3.41. The number of hydrogen-bond acceptors (Lipinski definition) is 2. The Morgan fingerprint density at radius 2 is 2.17 bits per heavy atom. The van der Waals surface area contributed by atoms with Crippen LogP contribution in [0.3, 0.4) is 0 Å². The smallest absolute Gasteiger partial charge is 0.128 e. The molecule has 0 spiro atoms. The number of nitrogens with two attached hydrogens (primary N) is 1. The molecular formula is C13H19BrClFN2. The van der Waals surface area contributed by atoms with E-state index in [1.165, 1.54) is 18.9 Å². The van der Waals surface area contributed by atoms with E-state index in [1.807, 2.05) is 6.07 Å². The maximum atomic E-state index is 13.6. The topological polar surface area (TPSA) is 38.0 Å². The Balaban J connectivity index is 0.00000162. The maximum absolute atomic E-state index is 13.6. The normalized spacial score (nSPS) is 18.0. The first-order chi connectivity index (χ1) is 8.07. The first-order valence-corrected chi connectivity index (χ1v) is 6.74. The van der Waals surface area contributed by atoms with Crippen molar-refractivity contribution in [1.29, 1.82) is 0 Å². The summed E-state index contributed by atoms with van der Waals surface area (Å²) in [6.45, 7) is 3.22. The second kappa shape index (κ2) is 6.33. The van der Waals surface area contributed by atoms with E-state index >= 15 is 0 Å². The van der Waals surface area contributed by atoms with Crippen LogP contribution < -0.4 is 11.1 Å². The highest BCUT2D eigenvalue weighted by molar-refractivity contribution is 9.10. The first-order valence-electron chi connectivity index (χ1n) is 5.95. The second-order valence-electron chi connectivity index (χ2n) is 4.95. The lowest BCUT2D eigenvalue weighted by atomic mass is 9.95. The molecule has 0 aromatic heterocycles. The van der Waals surface area contributed by atoms with E-state index in [9.17, 15) is 4.39 Å². The highest BCUT2D eigenvalue weighted by Crippen LogP contribution is 2.39. The first kappa shape index (κ1) is 15.9. The van der Waals surface area contributed by atoms with Gasteiger partial charge in [-0.05, 0) is 37.8 Å². The molecule has 0 saturated heterocycles. The van der Waals surface area contributed by atoms with Gasteiger partial charge in [0.2, 0.25) is 0 Å². The molecule has 102 valence electrons. The van der Waals surface area contributed by atoms with Crippen LogP contribution in [0.15, 0.2) is 22.7 Å². The lowest BCUT2D eigenvalue weighted by Crippen LogP contribution is -2.50. The number of rotatable bonds is 5. The predicted molar refractivity (Wildman–Crippen MR) is 78.4 cm³/mol. The maximum Gasteiger partial charge on any atom is 0.128 e. The molecule has 0 amide bonds. The Labute approximate surface area is 122 Å². The summed E-state index contributed by atoms with van der Waals surface area (Å²) in [5.41, 5.74) is 6.43. The van der Waals surface area contributed by atoms with Crippen LogP contribution in [0, 0.1) is 11.7 Å². The molecule has 1 aliphatic rings. The molecule has 0 aliphatic heterocycles. The zero-order chi connectivity index (χ0) is 12.5. The van der Waals surface area contributed by atoms with Crippen molar-refractivity contribution in [3.05, 3.63) is 34.1 Å². The Kier molecular flexibility index (Phi) is 5.59. The van der Waals surface area contributed by atoms with Crippen molar-refractivity contribution in [3.63, 3.8) is 0 Å². The van der Waals surface area contributed by atoms with Crippen molar-refractivity contribution in [2.24, 2.45) is 11.7 Å². The summed E-state index contributed by atoms with van der Waals surface area (Å²) in [6, 6.07) is 5.04. The van der Waals surface area contributed by atoms with E-state index in [0.717, 1.165) is 4.47 Å². The van der Waals surface area contributed by atoms with E-state index in [1.54, 1.807) is 6.07 Å². The summed E-state index contributed by atoms with van der Waals surface area (Å²) >= 11 is 3.38. The van der Waals surface area contributed by atoms with E-state index in [2.05, 4.69) is 28.2 Å². The standard InChI is InChI=1S/C13H18BrFN2.ClH/c1-13(8-16,9-5-6-9)17-7-10-11(14)3-2-4-12(10)15;/h2-4,9,17H,5-8,16H2,1H3;1H. The van der Waals surface area contributed by atoms with Crippen LogP contribution in [0.25, 0.3) is 0 Å². The predicted octanol–water partition coefficient (Wildman–Crippen LogP) is 3.23. The van der Waals surface area contributed by atoms with E-state index in [4.69, 9.17) is 5.73 Å². The molecular weight excluding hydrogens is 319 g/mol. The Morgan fingerprint density at radius 3 is 2.67 bits per heavy atom. The van der Waals surface area contributed by atoms with Crippen LogP contribution in [-0.2, 0) is 6.54 Å². The molecule has 2 nitrogen and oxygen atoms in total. The van der Waals surface area contributed by atoms with Crippen molar-refractivity contribution in [2.45, 2.75) is 31.8 Å². The number of nitrogens with one attached hydrogen (secondary N) is 1. The number of benzene rings is 1. The lowest BCUT2D eigenvalue weighted by molar-refractivity contribution is 0.314. The highest BCUT2D eigenvalue weighted by atomic mass is 79.9. The molecule has 0 heterocycles. The number of halogens is 3. The van der Waals surface area contributed by atoms with Crippen molar-refractivity contribution in [3.8, 4) is 0 Å². The van der Waals surface area contributed by atoms with Crippen molar-refractivity contribution < 1.29 is 4.39 Å². The largest absolute Gasteiger partial charge is 0.329 e. The van der Waals surface area contributed by atoms with Gasteiger partial charge in [0.15, 0.2) is 0 Å². The van der Waals surface area contributed by atoms with Crippen LogP contribution >= 0.6 is 28.3 Å². The molecule has 1 unspecified atom stereocenters. The summed E-state index contributed by atoms with van der Waals surface area (Å²) in [5.74, 6) is 0.458. The summed E-state index contributed by atoms with van der Waals surface area (Å²) in [7, 11) is 0. The van der Waals surface area contributed by atoms with Crippen LogP contribution in [0.1, 0.15) is 25.3 Å². The minimum Gasteiger partial charge on any atom is -0.329 e. The Hall–Kier alpha value is -0.160. The van der Waals surface area contributed by atoms with E-state index < -0.39 is 0 Å². The quantitative estimate of drug-likeness (QED) is 0.866. The van der Waals surface area contributed by atoms with Gasteiger partial charge in [0.25, 0.3) is 0 Å². The third-order valence-corrected chi connectivity index (χ3v) is 4.38. The molecule has 18 heavy (non-hydrogen) atoms. The zero-order valence-corrected chi connectivity index (χ0v) is 12.8. The summed E-state index contributed by atoms with van der Waals surface area (Å²) < 4.78 is 14.5. The molecule has 0 bridgehead atoms. The molecule has 1 aromatic carbocycles. The highest BCUT2D eigenvalue weighted by Gasteiger charge is 2.40. The van der Waals surface area contributed by atoms with Gasteiger partial charge in [0, 0.05) is 28.7 Å². The fraction of sp³-hybridized carbons (Fsp3) is 0.538. The minimum atomic E-state index is -0.179. The van der Waals surface area contributed by atoms with Crippen LogP contribution in [0.2, 0.25) is 0 Å². The fourth-order valence-corrected chi connectivity index (χ4v) is 2.58. The molecule has 1 fully saturated rings. The van der Waals surface area contributed by atoms with Crippen molar-refractivity contribution in [2.75, 3.05) is 6.54 Å². The van der Waals surface area contributed by atoms with Gasteiger partial charge in [-0.15, -0.1) is 12.4 Å². The summed E-state index contributed by atoms with van der Waals surface area (Å²) in [4.78, 5) is 0. The monoisotopic (exact) mass is 336 g/mol. The Morgan fingerprint density at radius 1 is 1.50 bits per heavy atom. The molecule has 5 heteroatoms. The van der Waals surface area contributed by atoms with Gasteiger partial charge < -0.3 is 11.1 Å². The average Bonchev–Trinajstić information content (AvgIpc) is 3.12. The van der Waals surface area contributed by atoms with Crippen molar-refractivity contribution >= 4 is 28.3 Å². The minimum absolute atomic E-state index is 0. The summed E-state index contributed by atoms with van der Waals surface area (Å²) in [6.07, 6.45) is 2.44. The molecule has 0 radical (unpaired) electrons. The van der Waals surface area contributed by atoms with E-state index in [0.29, 0.717) is 24.6 Å². The van der Waals surface area contributed by atoms with E-state index in [-0.39, 0.29) is 23.8 Å². The fourth-order valence-electron chi connectivity index (χ4n) is 2.10.